The van der Waals surface area contributed by atoms with Crippen molar-refractivity contribution in [2.24, 2.45) is 0 Å². The van der Waals surface area contributed by atoms with Gasteiger partial charge in [0.1, 0.15) is 18.4 Å². The molecule has 2 aliphatic rings. The van der Waals surface area contributed by atoms with Gasteiger partial charge in [0, 0.05) is 13.1 Å². The second-order valence-corrected chi connectivity index (χ2v) is 6.75. The fourth-order valence-electron chi connectivity index (χ4n) is 3.62. The minimum Gasteiger partial charge on any atom is -0.490 e. The van der Waals surface area contributed by atoms with Crippen LogP contribution in [0.5, 0.6) is 5.75 Å². The van der Waals surface area contributed by atoms with E-state index in [4.69, 9.17) is 4.74 Å². The summed E-state index contributed by atoms with van der Waals surface area (Å²) in [4.78, 5) is 30.7. The quantitative estimate of drug-likeness (QED) is 0.814. The maximum atomic E-state index is 12.8. The number of carbonyl (C=O) groups is 2. The zero-order valence-corrected chi connectivity index (χ0v) is 15.4. The molecule has 7 heteroatoms. The fraction of sp³-hybridized carbons (Fsp3) is 0.286. The lowest BCUT2D eigenvalue weighted by Crippen LogP contribution is -2.54. The van der Waals surface area contributed by atoms with Crippen LogP contribution in [0.2, 0.25) is 0 Å². The van der Waals surface area contributed by atoms with Gasteiger partial charge in [-0.1, -0.05) is 24.3 Å². The van der Waals surface area contributed by atoms with Crippen LogP contribution in [0.25, 0.3) is 0 Å². The summed E-state index contributed by atoms with van der Waals surface area (Å²) in [5.41, 5.74) is 1.88. The largest absolute Gasteiger partial charge is 0.490 e. The lowest BCUT2D eigenvalue weighted by atomic mass is 10.1. The molecule has 2 amide bonds. The fourth-order valence-corrected chi connectivity index (χ4v) is 3.62. The van der Waals surface area contributed by atoms with Crippen molar-refractivity contribution >= 4 is 23.2 Å². The number of hydrogen-bond donors (Lipinski definition) is 0. The molecule has 142 valence electrons. The summed E-state index contributed by atoms with van der Waals surface area (Å²) in [7, 11) is 0. The number of rotatable bonds is 3. The number of benzene rings is 2. The minimum absolute atomic E-state index is 0.0468. The van der Waals surface area contributed by atoms with Crippen LogP contribution in [0, 0.1) is 11.3 Å². The smallest absolute Gasteiger partial charge is 0.241 e. The van der Waals surface area contributed by atoms with Crippen LogP contribution >= 0.6 is 0 Å². The predicted molar refractivity (Wildman–Crippen MR) is 104 cm³/mol. The number of nitriles is 1. The Kier molecular flexibility index (Phi) is 4.96. The van der Waals surface area contributed by atoms with Gasteiger partial charge in [0.2, 0.25) is 11.8 Å². The van der Waals surface area contributed by atoms with Gasteiger partial charge in [-0.15, -0.1) is 0 Å². The summed E-state index contributed by atoms with van der Waals surface area (Å²) in [6.07, 6.45) is 0. The number of para-hydroxylation sites is 3. The number of nitrogens with zero attached hydrogens (tertiary/aromatic N) is 4. The van der Waals surface area contributed by atoms with Gasteiger partial charge in [-0.2, -0.15) is 5.26 Å². The zero-order chi connectivity index (χ0) is 19.5. The van der Waals surface area contributed by atoms with Crippen LogP contribution in [0.15, 0.2) is 48.5 Å². The van der Waals surface area contributed by atoms with E-state index in [2.05, 4.69) is 6.07 Å². The van der Waals surface area contributed by atoms with Crippen LogP contribution in [0.4, 0.5) is 11.4 Å². The first-order valence-corrected chi connectivity index (χ1v) is 9.21. The third-order valence-corrected chi connectivity index (χ3v) is 5.00. The van der Waals surface area contributed by atoms with Crippen molar-refractivity contribution in [3.63, 3.8) is 0 Å². The molecule has 2 aromatic rings. The van der Waals surface area contributed by atoms with Crippen LogP contribution in [-0.4, -0.2) is 56.0 Å². The van der Waals surface area contributed by atoms with Gasteiger partial charge in [-0.3, -0.25) is 14.5 Å². The predicted octanol–water partition coefficient (Wildman–Crippen LogP) is 1.63. The van der Waals surface area contributed by atoms with Crippen molar-refractivity contribution < 1.29 is 14.3 Å². The maximum Gasteiger partial charge on any atom is 0.241 e. The van der Waals surface area contributed by atoms with Crippen molar-refractivity contribution in [2.75, 3.05) is 49.1 Å². The monoisotopic (exact) mass is 376 g/mol. The standard InChI is InChI=1S/C21H20N4O3/c22-13-16-5-1-2-6-17(16)24-10-9-23(14-20(24)26)15-21(27)25-11-12-28-19-8-4-3-7-18(19)25/h1-8H,9-12,14-15H2. The molecule has 0 aromatic heterocycles. The molecule has 1 saturated heterocycles. The molecule has 1 fully saturated rings. The Hall–Kier alpha value is -3.37. The van der Waals surface area contributed by atoms with E-state index in [-0.39, 0.29) is 24.9 Å². The molecule has 0 radical (unpaired) electrons. The van der Waals surface area contributed by atoms with E-state index in [0.717, 1.165) is 5.69 Å². The number of fused-ring (bicyclic) bond motifs is 1. The Morgan fingerprint density at radius 3 is 2.57 bits per heavy atom. The van der Waals surface area contributed by atoms with E-state index in [9.17, 15) is 14.9 Å². The van der Waals surface area contributed by atoms with Gasteiger partial charge in [-0.25, -0.2) is 0 Å². The average molecular weight is 376 g/mol. The van der Waals surface area contributed by atoms with Crippen LogP contribution in [-0.2, 0) is 9.59 Å². The highest BCUT2D eigenvalue weighted by Crippen LogP contribution is 2.31. The molecule has 0 N–H and O–H groups in total. The Labute approximate surface area is 163 Å². The molecule has 0 spiro atoms. The van der Waals surface area contributed by atoms with Gasteiger partial charge < -0.3 is 14.5 Å². The minimum atomic E-state index is -0.107. The summed E-state index contributed by atoms with van der Waals surface area (Å²) in [6.45, 7) is 2.30. The molecule has 2 aromatic carbocycles. The molecule has 7 nitrogen and oxygen atoms in total. The summed E-state index contributed by atoms with van der Waals surface area (Å²) < 4.78 is 5.60. The van der Waals surface area contributed by atoms with E-state index in [1.807, 2.05) is 35.2 Å². The highest BCUT2D eigenvalue weighted by molar-refractivity contribution is 5.99. The lowest BCUT2D eigenvalue weighted by molar-refractivity contribution is -0.124. The molecule has 2 heterocycles. The Balaban J connectivity index is 1.43. The number of carbonyl (C=O) groups excluding carboxylic acids is 2. The molecular weight excluding hydrogens is 356 g/mol. The maximum absolute atomic E-state index is 12.8. The second kappa shape index (κ2) is 7.71. The van der Waals surface area contributed by atoms with E-state index < -0.39 is 0 Å². The van der Waals surface area contributed by atoms with Crippen LogP contribution < -0.4 is 14.5 Å². The van der Waals surface area contributed by atoms with Gasteiger partial charge in [0.15, 0.2) is 0 Å². The molecule has 4 rings (SSSR count). The zero-order valence-electron chi connectivity index (χ0n) is 15.4. The molecule has 0 atom stereocenters. The molecule has 0 bridgehead atoms. The van der Waals surface area contributed by atoms with Gasteiger partial charge in [0.25, 0.3) is 0 Å². The van der Waals surface area contributed by atoms with E-state index >= 15 is 0 Å². The first-order chi connectivity index (χ1) is 13.7. The van der Waals surface area contributed by atoms with Crippen molar-refractivity contribution in [2.45, 2.75) is 0 Å². The number of anilines is 2. The van der Waals surface area contributed by atoms with E-state index in [1.165, 1.54) is 0 Å². The normalized spacial score (nSPS) is 16.9. The highest BCUT2D eigenvalue weighted by Gasteiger charge is 2.30. The SMILES string of the molecule is N#Cc1ccccc1N1CCN(CC(=O)N2CCOc3ccccc32)CC1=O. The molecular formula is C21H20N4O3. The summed E-state index contributed by atoms with van der Waals surface area (Å²) >= 11 is 0. The Morgan fingerprint density at radius 1 is 1.04 bits per heavy atom. The topological polar surface area (TPSA) is 76.9 Å². The highest BCUT2D eigenvalue weighted by atomic mass is 16.5. The van der Waals surface area contributed by atoms with Crippen LogP contribution in [0.3, 0.4) is 0 Å². The number of hydrogen-bond acceptors (Lipinski definition) is 5. The number of ether oxygens (including phenoxy) is 1. The summed E-state index contributed by atoms with van der Waals surface area (Å²) in [6, 6.07) is 16.7. The van der Waals surface area contributed by atoms with Gasteiger partial charge in [0.05, 0.1) is 36.6 Å². The lowest BCUT2D eigenvalue weighted by Gasteiger charge is -2.36. The summed E-state index contributed by atoms with van der Waals surface area (Å²) in [5.74, 6) is 0.551. The molecule has 28 heavy (non-hydrogen) atoms. The van der Waals surface area contributed by atoms with Crippen molar-refractivity contribution in [1.82, 2.24) is 4.90 Å². The third-order valence-electron chi connectivity index (χ3n) is 5.00. The number of piperazine rings is 1. The Bertz CT molecular complexity index is 953. The summed E-state index contributed by atoms with van der Waals surface area (Å²) in [5, 5.41) is 9.27. The first-order valence-electron chi connectivity index (χ1n) is 9.21. The average Bonchev–Trinajstić information content (AvgIpc) is 2.73. The third kappa shape index (κ3) is 3.42. The van der Waals surface area contributed by atoms with Gasteiger partial charge in [-0.05, 0) is 24.3 Å². The van der Waals surface area contributed by atoms with E-state index in [0.29, 0.717) is 43.2 Å². The Morgan fingerprint density at radius 2 is 1.79 bits per heavy atom. The molecule has 0 aliphatic carbocycles. The molecule has 2 aliphatic heterocycles. The van der Waals surface area contributed by atoms with E-state index in [1.54, 1.807) is 28.0 Å². The van der Waals surface area contributed by atoms with Gasteiger partial charge >= 0.3 is 0 Å². The van der Waals surface area contributed by atoms with Crippen molar-refractivity contribution in [1.29, 1.82) is 5.26 Å². The molecule has 0 saturated carbocycles. The number of amides is 2. The second-order valence-electron chi connectivity index (χ2n) is 6.75. The van der Waals surface area contributed by atoms with Crippen molar-refractivity contribution in [3.8, 4) is 11.8 Å². The molecule has 0 unspecified atom stereocenters. The van der Waals surface area contributed by atoms with Crippen molar-refractivity contribution in [3.05, 3.63) is 54.1 Å². The van der Waals surface area contributed by atoms with Crippen LogP contribution in [0.1, 0.15) is 5.56 Å². The first kappa shape index (κ1) is 18.0.